The standard InChI is InChI=1S/C17H30N2/c1-3-17(4-2)19-9-7-18(8-10-19)13-16-12-14-5-6-15(16)11-14/h5-6,14-17H,3-4,7-13H2,1-2H3/t14-,15+,16+/m1/s1. The number of nitrogens with zero attached hydrogens (tertiary/aromatic N) is 2. The highest BCUT2D eigenvalue weighted by Gasteiger charge is 2.36. The highest BCUT2D eigenvalue weighted by molar-refractivity contribution is 5.10. The van der Waals surface area contributed by atoms with E-state index in [2.05, 4.69) is 35.8 Å². The van der Waals surface area contributed by atoms with Gasteiger partial charge in [-0.3, -0.25) is 4.90 Å². The van der Waals surface area contributed by atoms with E-state index in [0.717, 1.165) is 23.8 Å². The molecule has 0 radical (unpaired) electrons. The zero-order chi connectivity index (χ0) is 13.2. The predicted molar refractivity (Wildman–Crippen MR) is 81.2 cm³/mol. The Balaban J connectivity index is 1.44. The summed E-state index contributed by atoms with van der Waals surface area (Å²) in [6.07, 6.45) is 10.5. The smallest absolute Gasteiger partial charge is 0.0113 e. The molecule has 0 aromatic rings. The molecule has 2 aliphatic carbocycles. The lowest BCUT2D eigenvalue weighted by molar-refractivity contribution is 0.0796. The number of hydrogen-bond donors (Lipinski definition) is 0. The Kier molecular flexibility index (Phi) is 4.28. The minimum absolute atomic E-state index is 0.826. The third kappa shape index (κ3) is 2.90. The van der Waals surface area contributed by atoms with E-state index in [0.29, 0.717) is 0 Å². The van der Waals surface area contributed by atoms with Crippen molar-refractivity contribution in [3.63, 3.8) is 0 Å². The van der Waals surface area contributed by atoms with Crippen molar-refractivity contribution in [1.29, 1.82) is 0 Å². The fourth-order valence-electron chi connectivity index (χ4n) is 4.55. The summed E-state index contributed by atoms with van der Waals surface area (Å²) in [7, 11) is 0. The Bertz CT molecular complexity index is 313. The van der Waals surface area contributed by atoms with Gasteiger partial charge in [0.15, 0.2) is 0 Å². The number of hydrogen-bond acceptors (Lipinski definition) is 2. The summed E-state index contributed by atoms with van der Waals surface area (Å²) in [5, 5.41) is 0. The zero-order valence-corrected chi connectivity index (χ0v) is 12.7. The van der Waals surface area contributed by atoms with Gasteiger partial charge in [-0.05, 0) is 43.4 Å². The van der Waals surface area contributed by atoms with Crippen molar-refractivity contribution in [2.45, 2.75) is 45.6 Å². The van der Waals surface area contributed by atoms with Crippen LogP contribution in [-0.4, -0.2) is 48.6 Å². The molecule has 0 aromatic carbocycles. The Morgan fingerprint density at radius 2 is 1.74 bits per heavy atom. The van der Waals surface area contributed by atoms with Crippen LogP contribution in [-0.2, 0) is 0 Å². The van der Waals surface area contributed by atoms with Crippen LogP contribution in [0.3, 0.4) is 0 Å². The number of allylic oxidation sites excluding steroid dienone is 2. The molecule has 0 amide bonds. The van der Waals surface area contributed by atoms with Gasteiger partial charge in [0, 0.05) is 38.8 Å². The van der Waals surface area contributed by atoms with E-state index in [1.165, 1.54) is 58.4 Å². The largest absolute Gasteiger partial charge is 0.300 e. The summed E-state index contributed by atoms with van der Waals surface area (Å²) in [6.45, 7) is 11.2. The molecule has 1 heterocycles. The van der Waals surface area contributed by atoms with Crippen LogP contribution in [0.2, 0.25) is 0 Å². The van der Waals surface area contributed by atoms with Gasteiger partial charge in [0.25, 0.3) is 0 Å². The molecular formula is C17H30N2. The topological polar surface area (TPSA) is 6.48 Å². The van der Waals surface area contributed by atoms with Crippen LogP contribution in [0.1, 0.15) is 39.5 Å². The first-order chi connectivity index (χ1) is 9.30. The van der Waals surface area contributed by atoms with Gasteiger partial charge in [0.05, 0.1) is 0 Å². The van der Waals surface area contributed by atoms with E-state index in [9.17, 15) is 0 Å². The van der Waals surface area contributed by atoms with E-state index in [1.807, 2.05) is 0 Å². The van der Waals surface area contributed by atoms with Gasteiger partial charge in [-0.25, -0.2) is 0 Å². The molecule has 2 bridgehead atoms. The predicted octanol–water partition coefficient (Wildman–Crippen LogP) is 3.00. The SMILES string of the molecule is CCC(CC)N1CCN(C[C@@H]2C[C@@H]3C=C[C@H]2C3)CC1. The average Bonchev–Trinajstić information content (AvgIpc) is 3.04. The van der Waals surface area contributed by atoms with E-state index in [1.54, 1.807) is 0 Å². The van der Waals surface area contributed by atoms with Gasteiger partial charge < -0.3 is 4.90 Å². The highest BCUT2D eigenvalue weighted by Crippen LogP contribution is 2.43. The fraction of sp³-hybridized carbons (Fsp3) is 0.882. The van der Waals surface area contributed by atoms with Gasteiger partial charge in [-0.1, -0.05) is 26.0 Å². The van der Waals surface area contributed by atoms with Gasteiger partial charge in [0.1, 0.15) is 0 Å². The Morgan fingerprint density at radius 1 is 1.00 bits per heavy atom. The molecule has 2 fully saturated rings. The third-order valence-electron chi connectivity index (χ3n) is 5.77. The molecule has 0 spiro atoms. The van der Waals surface area contributed by atoms with Gasteiger partial charge in [-0.15, -0.1) is 0 Å². The van der Waals surface area contributed by atoms with Crippen molar-refractivity contribution >= 4 is 0 Å². The number of rotatable bonds is 5. The molecule has 19 heavy (non-hydrogen) atoms. The number of fused-ring (bicyclic) bond motifs is 2. The molecule has 1 saturated carbocycles. The lowest BCUT2D eigenvalue weighted by Gasteiger charge is -2.40. The Morgan fingerprint density at radius 3 is 2.26 bits per heavy atom. The highest BCUT2D eigenvalue weighted by atomic mass is 15.3. The second kappa shape index (κ2) is 5.97. The van der Waals surface area contributed by atoms with Crippen molar-refractivity contribution < 1.29 is 0 Å². The molecule has 2 nitrogen and oxygen atoms in total. The van der Waals surface area contributed by atoms with Crippen LogP contribution in [0.25, 0.3) is 0 Å². The number of piperazine rings is 1. The second-order valence-corrected chi connectivity index (χ2v) is 6.85. The van der Waals surface area contributed by atoms with E-state index in [-0.39, 0.29) is 0 Å². The lowest BCUT2D eigenvalue weighted by Crippen LogP contribution is -2.51. The van der Waals surface area contributed by atoms with Crippen LogP contribution in [0.15, 0.2) is 12.2 Å². The summed E-state index contributed by atoms with van der Waals surface area (Å²) < 4.78 is 0. The molecule has 2 heteroatoms. The molecule has 1 saturated heterocycles. The first kappa shape index (κ1) is 13.6. The maximum atomic E-state index is 2.73. The van der Waals surface area contributed by atoms with Crippen LogP contribution >= 0.6 is 0 Å². The molecule has 108 valence electrons. The molecule has 3 rings (SSSR count). The van der Waals surface area contributed by atoms with Gasteiger partial charge in [-0.2, -0.15) is 0 Å². The van der Waals surface area contributed by atoms with Crippen molar-refractivity contribution in [3.05, 3.63) is 12.2 Å². The quantitative estimate of drug-likeness (QED) is 0.703. The molecule has 3 atom stereocenters. The summed E-state index contributed by atoms with van der Waals surface area (Å²) in [4.78, 5) is 5.45. The molecule has 0 unspecified atom stereocenters. The molecular weight excluding hydrogens is 232 g/mol. The van der Waals surface area contributed by atoms with Crippen LogP contribution < -0.4 is 0 Å². The maximum absolute atomic E-state index is 2.73. The molecule has 0 aromatic heterocycles. The second-order valence-electron chi connectivity index (χ2n) is 6.85. The summed E-state index contributed by atoms with van der Waals surface area (Å²) >= 11 is 0. The van der Waals surface area contributed by atoms with Crippen LogP contribution in [0.5, 0.6) is 0 Å². The summed E-state index contributed by atoms with van der Waals surface area (Å²) in [5.74, 6) is 2.82. The molecule has 3 aliphatic rings. The molecule has 0 N–H and O–H groups in total. The Labute approximate surface area is 118 Å². The minimum Gasteiger partial charge on any atom is -0.300 e. The zero-order valence-electron chi connectivity index (χ0n) is 12.7. The minimum atomic E-state index is 0.826. The first-order valence-electron chi connectivity index (χ1n) is 8.44. The average molecular weight is 262 g/mol. The summed E-state index contributed by atoms with van der Waals surface area (Å²) in [5.41, 5.74) is 0. The molecule has 1 aliphatic heterocycles. The van der Waals surface area contributed by atoms with E-state index >= 15 is 0 Å². The van der Waals surface area contributed by atoms with Gasteiger partial charge >= 0.3 is 0 Å². The lowest BCUT2D eigenvalue weighted by atomic mass is 9.93. The fourth-order valence-corrected chi connectivity index (χ4v) is 4.55. The first-order valence-corrected chi connectivity index (χ1v) is 8.44. The van der Waals surface area contributed by atoms with Crippen molar-refractivity contribution in [2.24, 2.45) is 17.8 Å². The Hall–Kier alpha value is -0.340. The monoisotopic (exact) mass is 262 g/mol. The van der Waals surface area contributed by atoms with Crippen molar-refractivity contribution in [3.8, 4) is 0 Å². The van der Waals surface area contributed by atoms with E-state index < -0.39 is 0 Å². The maximum Gasteiger partial charge on any atom is 0.0113 e. The third-order valence-corrected chi connectivity index (χ3v) is 5.77. The van der Waals surface area contributed by atoms with Crippen molar-refractivity contribution in [1.82, 2.24) is 9.80 Å². The van der Waals surface area contributed by atoms with E-state index in [4.69, 9.17) is 0 Å². The summed E-state index contributed by atoms with van der Waals surface area (Å²) in [6, 6.07) is 0.826. The van der Waals surface area contributed by atoms with Crippen molar-refractivity contribution in [2.75, 3.05) is 32.7 Å². The van der Waals surface area contributed by atoms with Crippen LogP contribution in [0, 0.1) is 17.8 Å². The van der Waals surface area contributed by atoms with Gasteiger partial charge in [0.2, 0.25) is 0 Å². The normalized spacial score (nSPS) is 35.6. The van der Waals surface area contributed by atoms with Crippen LogP contribution in [0.4, 0.5) is 0 Å².